The molecule has 0 heterocycles. The van der Waals surface area contributed by atoms with Crippen LogP contribution >= 0.6 is 0 Å². The molecule has 0 spiro atoms. The van der Waals surface area contributed by atoms with Crippen molar-refractivity contribution in [3.8, 4) is 0 Å². The molecule has 0 fully saturated rings. The Morgan fingerprint density at radius 3 is 2.07 bits per heavy atom. The quantitative estimate of drug-likeness (QED) is 0.516. The molecule has 82 valence electrons. The third-order valence-corrected chi connectivity index (χ3v) is 1.73. The topological polar surface area (TPSA) is 52.6 Å². The summed E-state index contributed by atoms with van der Waals surface area (Å²) in [7, 11) is 0. The van der Waals surface area contributed by atoms with E-state index in [0.29, 0.717) is 6.42 Å². The number of esters is 2. The van der Waals surface area contributed by atoms with Crippen LogP contribution in [-0.2, 0) is 19.1 Å². The fourth-order valence-corrected chi connectivity index (χ4v) is 0.627. The summed E-state index contributed by atoms with van der Waals surface area (Å²) in [6, 6.07) is 0. The van der Waals surface area contributed by atoms with Crippen molar-refractivity contribution >= 4 is 11.9 Å². The van der Waals surface area contributed by atoms with Crippen LogP contribution in [-0.4, -0.2) is 23.6 Å². The van der Waals surface area contributed by atoms with E-state index >= 15 is 0 Å². The first-order valence-electron chi connectivity index (χ1n) is 4.72. The number of rotatable bonds is 3. The Labute approximate surface area is 84.6 Å². The minimum Gasteiger partial charge on any atom is -0.455 e. The van der Waals surface area contributed by atoms with Gasteiger partial charge in [0.1, 0.15) is 5.60 Å². The van der Waals surface area contributed by atoms with E-state index in [9.17, 15) is 9.59 Å². The van der Waals surface area contributed by atoms with Gasteiger partial charge in [-0.05, 0) is 34.1 Å². The van der Waals surface area contributed by atoms with Crippen molar-refractivity contribution in [2.24, 2.45) is 0 Å². The number of carbonyl (C=O) groups is 2. The van der Waals surface area contributed by atoms with Gasteiger partial charge in [0.25, 0.3) is 0 Å². The molecule has 0 saturated heterocycles. The highest BCUT2D eigenvalue weighted by atomic mass is 16.6. The van der Waals surface area contributed by atoms with Gasteiger partial charge in [-0.25, -0.2) is 9.59 Å². The predicted octanol–water partition coefficient (Wildman–Crippen LogP) is 1.67. The fraction of sp³-hybridized carbons (Fsp3) is 0.800. The van der Waals surface area contributed by atoms with Crippen LogP contribution in [0.4, 0.5) is 0 Å². The SMILES string of the molecule is CCC(C)(C)OC(=O)C(=O)OC(C)C. The average molecular weight is 202 g/mol. The van der Waals surface area contributed by atoms with Crippen LogP contribution < -0.4 is 0 Å². The number of ether oxygens (including phenoxy) is 2. The minimum absolute atomic E-state index is 0.306. The molecule has 0 amide bonds. The molecule has 0 atom stereocenters. The van der Waals surface area contributed by atoms with E-state index in [0.717, 1.165) is 0 Å². The lowest BCUT2D eigenvalue weighted by molar-refractivity contribution is -0.177. The maximum atomic E-state index is 11.2. The van der Waals surface area contributed by atoms with E-state index in [4.69, 9.17) is 4.74 Å². The van der Waals surface area contributed by atoms with E-state index in [1.165, 1.54) is 0 Å². The number of hydrogen-bond donors (Lipinski definition) is 0. The summed E-state index contributed by atoms with van der Waals surface area (Å²) in [6.45, 7) is 8.72. The zero-order valence-corrected chi connectivity index (χ0v) is 9.42. The summed E-state index contributed by atoms with van der Waals surface area (Å²) >= 11 is 0. The summed E-state index contributed by atoms with van der Waals surface area (Å²) in [6.07, 6.45) is 0.341. The van der Waals surface area contributed by atoms with E-state index in [1.54, 1.807) is 27.7 Å². The zero-order chi connectivity index (χ0) is 11.4. The number of carbonyl (C=O) groups excluding carboxylic acids is 2. The number of hydrogen-bond acceptors (Lipinski definition) is 4. The molecule has 0 unspecified atom stereocenters. The second-order valence-electron chi connectivity index (χ2n) is 3.96. The van der Waals surface area contributed by atoms with Crippen LogP contribution in [0.3, 0.4) is 0 Å². The lowest BCUT2D eigenvalue weighted by atomic mass is 10.1. The Balaban J connectivity index is 4.15. The molecule has 0 rings (SSSR count). The molecule has 0 N–H and O–H groups in total. The second-order valence-corrected chi connectivity index (χ2v) is 3.96. The highest BCUT2D eigenvalue weighted by molar-refractivity contribution is 6.29. The molecule has 0 aliphatic heterocycles. The molecule has 4 nitrogen and oxygen atoms in total. The van der Waals surface area contributed by atoms with Crippen molar-refractivity contribution in [2.45, 2.75) is 52.7 Å². The van der Waals surface area contributed by atoms with Crippen LogP contribution in [0.2, 0.25) is 0 Å². The highest BCUT2D eigenvalue weighted by Gasteiger charge is 2.26. The maximum Gasteiger partial charge on any atom is 0.418 e. The molecule has 0 radical (unpaired) electrons. The molecule has 14 heavy (non-hydrogen) atoms. The smallest absolute Gasteiger partial charge is 0.418 e. The Bertz CT molecular complexity index is 218. The van der Waals surface area contributed by atoms with Crippen LogP contribution in [0.5, 0.6) is 0 Å². The third kappa shape index (κ3) is 4.84. The van der Waals surface area contributed by atoms with Gasteiger partial charge in [0.15, 0.2) is 0 Å². The predicted molar refractivity (Wildman–Crippen MR) is 51.7 cm³/mol. The molecule has 0 aliphatic rings. The summed E-state index contributed by atoms with van der Waals surface area (Å²) in [4.78, 5) is 22.2. The minimum atomic E-state index is -0.929. The lowest BCUT2D eigenvalue weighted by Gasteiger charge is -2.22. The van der Waals surface area contributed by atoms with Crippen molar-refractivity contribution in [2.75, 3.05) is 0 Å². The molecule has 0 saturated carbocycles. The first-order valence-corrected chi connectivity index (χ1v) is 4.72. The molecule has 0 aromatic rings. The Kier molecular flexibility index (Phi) is 4.60. The highest BCUT2D eigenvalue weighted by Crippen LogP contribution is 2.13. The van der Waals surface area contributed by atoms with Gasteiger partial charge >= 0.3 is 11.9 Å². The lowest BCUT2D eigenvalue weighted by Crippen LogP contribution is -2.33. The summed E-state index contributed by atoms with van der Waals surface area (Å²) in [5, 5.41) is 0. The first-order chi connectivity index (χ1) is 6.28. The van der Waals surface area contributed by atoms with Gasteiger partial charge < -0.3 is 9.47 Å². The third-order valence-electron chi connectivity index (χ3n) is 1.73. The molecular weight excluding hydrogens is 184 g/mol. The average Bonchev–Trinajstić information content (AvgIpc) is 2.02. The largest absolute Gasteiger partial charge is 0.455 e. The zero-order valence-electron chi connectivity index (χ0n) is 9.42. The van der Waals surface area contributed by atoms with Gasteiger partial charge in [0.2, 0.25) is 0 Å². The van der Waals surface area contributed by atoms with Gasteiger partial charge in [-0.3, -0.25) is 0 Å². The van der Waals surface area contributed by atoms with Crippen molar-refractivity contribution < 1.29 is 19.1 Å². The fourth-order valence-electron chi connectivity index (χ4n) is 0.627. The van der Waals surface area contributed by atoms with Gasteiger partial charge in [-0.1, -0.05) is 6.92 Å². The molecule has 0 aliphatic carbocycles. The van der Waals surface area contributed by atoms with Crippen molar-refractivity contribution in [1.82, 2.24) is 0 Å². The van der Waals surface area contributed by atoms with E-state index in [2.05, 4.69) is 4.74 Å². The van der Waals surface area contributed by atoms with Gasteiger partial charge in [0, 0.05) is 0 Å². The van der Waals surface area contributed by atoms with Crippen LogP contribution in [0.15, 0.2) is 0 Å². The van der Waals surface area contributed by atoms with Crippen molar-refractivity contribution in [3.05, 3.63) is 0 Å². The Hall–Kier alpha value is -1.06. The molecule has 0 aromatic heterocycles. The molecular formula is C10H18O4. The van der Waals surface area contributed by atoms with E-state index in [-0.39, 0.29) is 6.10 Å². The Morgan fingerprint density at radius 2 is 1.71 bits per heavy atom. The molecule has 4 heteroatoms. The van der Waals surface area contributed by atoms with Crippen LogP contribution in [0.25, 0.3) is 0 Å². The monoisotopic (exact) mass is 202 g/mol. The standard InChI is InChI=1S/C10H18O4/c1-6-10(4,5)14-9(12)8(11)13-7(2)3/h7H,6H2,1-5H3. The van der Waals surface area contributed by atoms with Crippen molar-refractivity contribution in [1.29, 1.82) is 0 Å². The summed E-state index contributed by atoms with van der Waals surface area (Å²) < 4.78 is 9.63. The second kappa shape index (κ2) is 4.98. The van der Waals surface area contributed by atoms with E-state index in [1.807, 2.05) is 6.92 Å². The molecule has 0 aromatic carbocycles. The van der Waals surface area contributed by atoms with E-state index < -0.39 is 17.5 Å². The summed E-state index contributed by atoms with van der Waals surface area (Å²) in [5.41, 5.74) is -0.618. The Morgan fingerprint density at radius 1 is 1.21 bits per heavy atom. The van der Waals surface area contributed by atoms with Crippen molar-refractivity contribution in [3.63, 3.8) is 0 Å². The first kappa shape index (κ1) is 12.9. The van der Waals surface area contributed by atoms with Crippen LogP contribution in [0.1, 0.15) is 41.0 Å². The molecule has 0 bridgehead atoms. The summed E-state index contributed by atoms with van der Waals surface area (Å²) in [5.74, 6) is -1.85. The maximum absolute atomic E-state index is 11.2. The van der Waals surface area contributed by atoms with Gasteiger partial charge in [-0.2, -0.15) is 0 Å². The van der Waals surface area contributed by atoms with Crippen LogP contribution in [0, 0.1) is 0 Å². The normalized spacial score (nSPS) is 11.3. The van der Waals surface area contributed by atoms with Gasteiger partial charge in [-0.15, -0.1) is 0 Å². The van der Waals surface area contributed by atoms with Gasteiger partial charge in [0.05, 0.1) is 6.10 Å².